The normalized spacial score (nSPS) is 27.0. The Labute approximate surface area is 76.1 Å². The molecule has 0 amide bonds. The number of rotatable bonds is 3. The summed E-state index contributed by atoms with van der Waals surface area (Å²) in [6.45, 7) is 6.03. The van der Waals surface area contributed by atoms with E-state index in [1.165, 1.54) is 51.7 Å². The van der Waals surface area contributed by atoms with E-state index in [9.17, 15) is 0 Å². The Morgan fingerprint density at radius 2 is 2.17 bits per heavy atom. The van der Waals surface area contributed by atoms with Gasteiger partial charge in [0.05, 0.1) is 0 Å². The molecule has 72 valence electrons. The topological polar surface area (TPSA) is 29.3 Å². The maximum atomic E-state index is 5.90. The van der Waals surface area contributed by atoms with Crippen LogP contribution < -0.4 is 5.73 Å². The second kappa shape index (κ2) is 5.55. The molecule has 0 bridgehead atoms. The molecule has 1 atom stereocenters. The minimum atomic E-state index is 0.469. The van der Waals surface area contributed by atoms with Crippen molar-refractivity contribution in [3.8, 4) is 0 Å². The molecule has 1 aliphatic heterocycles. The largest absolute Gasteiger partial charge is 0.328 e. The van der Waals surface area contributed by atoms with E-state index in [0.717, 1.165) is 0 Å². The fourth-order valence-electron chi connectivity index (χ4n) is 1.79. The van der Waals surface area contributed by atoms with Crippen LogP contribution in [0.1, 0.15) is 39.0 Å². The number of hydrogen-bond acceptors (Lipinski definition) is 2. The van der Waals surface area contributed by atoms with Crippen molar-refractivity contribution < 1.29 is 0 Å². The number of nitrogens with zero attached hydrogens (tertiary/aromatic N) is 1. The lowest BCUT2D eigenvalue weighted by molar-refractivity contribution is 0.279. The molecule has 0 aromatic carbocycles. The zero-order valence-corrected chi connectivity index (χ0v) is 8.26. The Balaban J connectivity index is 2.17. The molecule has 1 fully saturated rings. The van der Waals surface area contributed by atoms with E-state index in [-0.39, 0.29) is 0 Å². The van der Waals surface area contributed by atoms with Crippen molar-refractivity contribution in [1.29, 1.82) is 0 Å². The fourth-order valence-corrected chi connectivity index (χ4v) is 1.79. The SMILES string of the molecule is CCCCN1CCCC(N)CC1. The van der Waals surface area contributed by atoms with Gasteiger partial charge in [0.2, 0.25) is 0 Å². The Morgan fingerprint density at radius 3 is 2.92 bits per heavy atom. The van der Waals surface area contributed by atoms with E-state index < -0.39 is 0 Å². The van der Waals surface area contributed by atoms with E-state index in [1.807, 2.05) is 0 Å². The van der Waals surface area contributed by atoms with Gasteiger partial charge in [0, 0.05) is 6.04 Å². The summed E-state index contributed by atoms with van der Waals surface area (Å²) in [5.74, 6) is 0. The van der Waals surface area contributed by atoms with Crippen LogP contribution in [0.2, 0.25) is 0 Å². The molecule has 1 aliphatic rings. The molecule has 1 saturated heterocycles. The molecule has 1 unspecified atom stereocenters. The lowest BCUT2D eigenvalue weighted by Crippen LogP contribution is -2.27. The third-order valence-corrected chi connectivity index (χ3v) is 2.69. The molecule has 0 radical (unpaired) electrons. The van der Waals surface area contributed by atoms with Gasteiger partial charge in [0.1, 0.15) is 0 Å². The molecular formula is C10H22N2. The maximum absolute atomic E-state index is 5.90. The lowest BCUT2D eigenvalue weighted by atomic mass is 10.1. The average Bonchev–Trinajstić information content (AvgIpc) is 2.27. The van der Waals surface area contributed by atoms with Crippen LogP contribution >= 0.6 is 0 Å². The van der Waals surface area contributed by atoms with E-state index in [0.29, 0.717) is 6.04 Å². The van der Waals surface area contributed by atoms with Gasteiger partial charge in [-0.1, -0.05) is 13.3 Å². The van der Waals surface area contributed by atoms with Crippen molar-refractivity contribution in [3.63, 3.8) is 0 Å². The van der Waals surface area contributed by atoms with Crippen molar-refractivity contribution in [2.24, 2.45) is 5.73 Å². The van der Waals surface area contributed by atoms with Crippen LogP contribution in [0.5, 0.6) is 0 Å². The number of likely N-dealkylation sites (tertiary alicyclic amines) is 1. The Bertz CT molecular complexity index is 112. The number of unbranched alkanes of at least 4 members (excludes halogenated alkanes) is 1. The molecule has 12 heavy (non-hydrogen) atoms. The highest BCUT2D eigenvalue weighted by molar-refractivity contribution is 4.71. The highest BCUT2D eigenvalue weighted by Crippen LogP contribution is 2.09. The quantitative estimate of drug-likeness (QED) is 0.697. The molecule has 2 nitrogen and oxygen atoms in total. The average molecular weight is 170 g/mol. The standard InChI is InChI=1S/C10H22N2/c1-2-3-7-12-8-4-5-10(11)6-9-12/h10H,2-9,11H2,1H3. The van der Waals surface area contributed by atoms with Crippen LogP contribution in [0.15, 0.2) is 0 Å². The van der Waals surface area contributed by atoms with Gasteiger partial charge in [-0.3, -0.25) is 0 Å². The summed E-state index contributed by atoms with van der Waals surface area (Å²) in [6.07, 6.45) is 6.37. The van der Waals surface area contributed by atoms with Crippen molar-refractivity contribution in [2.75, 3.05) is 19.6 Å². The van der Waals surface area contributed by atoms with Crippen LogP contribution in [0.25, 0.3) is 0 Å². The third-order valence-electron chi connectivity index (χ3n) is 2.69. The van der Waals surface area contributed by atoms with E-state index in [1.54, 1.807) is 0 Å². The monoisotopic (exact) mass is 170 g/mol. The second-order valence-corrected chi connectivity index (χ2v) is 3.89. The minimum absolute atomic E-state index is 0.469. The van der Waals surface area contributed by atoms with Crippen LogP contribution in [0.4, 0.5) is 0 Å². The predicted molar refractivity (Wildman–Crippen MR) is 53.2 cm³/mol. The van der Waals surface area contributed by atoms with Gasteiger partial charge < -0.3 is 10.6 Å². The summed E-state index contributed by atoms with van der Waals surface area (Å²) >= 11 is 0. The zero-order valence-electron chi connectivity index (χ0n) is 8.26. The summed E-state index contributed by atoms with van der Waals surface area (Å²) in [5.41, 5.74) is 5.90. The number of hydrogen-bond donors (Lipinski definition) is 1. The molecule has 1 heterocycles. The van der Waals surface area contributed by atoms with Gasteiger partial charge >= 0.3 is 0 Å². The van der Waals surface area contributed by atoms with Crippen molar-refractivity contribution >= 4 is 0 Å². The Hall–Kier alpha value is -0.0800. The van der Waals surface area contributed by atoms with E-state index in [4.69, 9.17) is 5.73 Å². The molecule has 0 aliphatic carbocycles. The van der Waals surface area contributed by atoms with Crippen molar-refractivity contribution in [2.45, 2.75) is 45.1 Å². The van der Waals surface area contributed by atoms with Gasteiger partial charge in [-0.2, -0.15) is 0 Å². The summed E-state index contributed by atoms with van der Waals surface area (Å²) in [7, 11) is 0. The molecule has 0 spiro atoms. The van der Waals surface area contributed by atoms with Crippen LogP contribution in [0, 0.1) is 0 Å². The summed E-state index contributed by atoms with van der Waals surface area (Å²) in [5, 5.41) is 0. The van der Waals surface area contributed by atoms with Crippen LogP contribution in [-0.2, 0) is 0 Å². The van der Waals surface area contributed by atoms with E-state index >= 15 is 0 Å². The van der Waals surface area contributed by atoms with Crippen molar-refractivity contribution in [3.05, 3.63) is 0 Å². The van der Waals surface area contributed by atoms with E-state index in [2.05, 4.69) is 11.8 Å². The zero-order chi connectivity index (χ0) is 8.81. The predicted octanol–water partition coefficient (Wildman–Crippen LogP) is 1.60. The smallest absolute Gasteiger partial charge is 0.00514 e. The lowest BCUT2D eigenvalue weighted by Gasteiger charge is -2.18. The summed E-state index contributed by atoms with van der Waals surface area (Å²) < 4.78 is 0. The van der Waals surface area contributed by atoms with Crippen LogP contribution in [0.3, 0.4) is 0 Å². The third kappa shape index (κ3) is 3.55. The highest BCUT2D eigenvalue weighted by Gasteiger charge is 2.12. The first-order valence-corrected chi connectivity index (χ1v) is 5.31. The van der Waals surface area contributed by atoms with Gasteiger partial charge in [-0.15, -0.1) is 0 Å². The molecular weight excluding hydrogens is 148 g/mol. The summed E-state index contributed by atoms with van der Waals surface area (Å²) in [6, 6.07) is 0.469. The molecule has 0 aromatic rings. The van der Waals surface area contributed by atoms with Gasteiger partial charge in [0.25, 0.3) is 0 Å². The Morgan fingerprint density at radius 1 is 1.33 bits per heavy atom. The summed E-state index contributed by atoms with van der Waals surface area (Å²) in [4.78, 5) is 2.57. The maximum Gasteiger partial charge on any atom is 0.00514 e. The first-order chi connectivity index (χ1) is 5.83. The number of nitrogens with two attached hydrogens (primary N) is 1. The first kappa shape index (κ1) is 10.0. The first-order valence-electron chi connectivity index (χ1n) is 5.31. The molecule has 1 rings (SSSR count). The molecule has 0 saturated carbocycles. The van der Waals surface area contributed by atoms with Crippen LogP contribution in [-0.4, -0.2) is 30.6 Å². The second-order valence-electron chi connectivity index (χ2n) is 3.89. The van der Waals surface area contributed by atoms with Gasteiger partial charge in [-0.05, 0) is 45.3 Å². The molecule has 2 N–H and O–H groups in total. The van der Waals surface area contributed by atoms with Crippen molar-refractivity contribution in [1.82, 2.24) is 4.90 Å². The highest BCUT2D eigenvalue weighted by atomic mass is 15.1. The molecule has 2 heteroatoms. The minimum Gasteiger partial charge on any atom is -0.328 e. The Kier molecular flexibility index (Phi) is 4.62. The van der Waals surface area contributed by atoms with Gasteiger partial charge in [0.15, 0.2) is 0 Å². The van der Waals surface area contributed by atoms with Gasteiger partial charge in [-0.25, -0.2) is 0 Å². The fraction of sp³-hybridized carbons (Fsp3) is 1.00. The molecule has 0 aromatic heterocycles.